The summed E-state index contributed by atoms with van der Waals surface area (Å²) in [4.78, 5) is 0. The van der Waals surface area contributed by atoms with Crippen LogP contribution in [-0.2, 0) is 0 Å². The fourth-order valence-corrected chi connectivity index (χ4v) is 2.58. The standard InChI is InChI=1S/C10H16Si/c1-9(8-11-2)10-6-4-3-5-7-10/h3-7,9H,8,11H2,1-2H3. The Bertz CT molecular complexity index is 193. The Morgan fingerprint density at radius 2 is 1.91 bits per heavy atom. The molecule has 0 aromatic heterocycles. The highest BCUT2D eigenvalue weighted by Gasteiger charge is 2.01. The van der Waals surface area contributed by atoms with Crippen molar-refractivity contribution in [3.05, 3.63) is 35.9 Å². The van der Waals surface area contributed by atoms with Crippen LogP contribution in [-0.4, -0.2) is 9.52 Å². The van der Waals surface area contributed by atoms with Gasteiger partial charge in [0.2, 0.25) is 0 Å². The van der Waals surface area contributed by atoms with Crippen molar-refractivity contribution in [1.29, 1.82) is 0 Å². The van der Waals surface area contributed by atoms with Crippen molar-refractivity contribution in [3.63, 3.8) is 0 Å². The lowest BCUT2D eigenvalue weighted by atomic mass is 10.0. The van der Waals surface area contributed by atoms with Crippen molar-refractivity contribution in [2.45, 2.75) is 25.4 Å². The van der Waals surface area contributed by atoms with Crippen LogP contribution in [0.5, 0.6) is 0 Å². The third-order valence-electron chi connectivity index (χ3n) is 2.09. The minimum atomic E-state index is 0.223. The van der Waals surface area contributed by atoms with Gasteiger partial charge in [0.05, 0.1) is 0 Å². The van der Waals surface area contributed by atoms with Crippen molar-refractivity contribution in [3.8, 4) is 0 Å². The topological polar surface area (TPSA) is 0 Å². The molecule has 0 spiro atoms. The molecule has 0 N–H and O–H groups in total. The van der Waals surface area contributed by atoms with Gasteiger partial charge in [-0.05, 0) is 11.5 Å². The molecule has 0 bridgehead atoms. The number of rotatable bonds is 3. The first-order valence-electron chi connectivity index (χ1n) is 4.39. The van der Waals surface area contributed by atoms with Crippen LogP contribution >= 0.6 is 0 Å². The van der Waals surface area contributed by atoms with Crippen molar-refractivity contribution in [1.82, 2.24) is 0 Å². The molecule has 11 heavy (non-hydrogen) atoms. The zero-order valence-corrected chi connectivity index (χ0v) is 8.79. The molecule has 0 aliphatic carbocycles. The molecule has 0 aliphatic rings. The average molecular weight is 164 g/mol. The second-order valence-corrected chi connectivity index (χ2v) is 4.68. The quantitative estimate of drug-likeness (QED) is 0.602. The van der Waals surface area contributed by atoms with E-state index in [1.165, 1.54) is 11.6 Å². The van der Waals surface area contributed by atoms with Crippen LogP contribution < -0.4 is 0 Å². The molecule has 1 unspecified atom stereocenters. The molecule has 0 radical (unpaired) electrons. The van der Waals surface area contributed by atoms with E-state index in [1.54, 1.807) is 0 Å². The van der Waals surface area contributed by atoms with Gasteiger partial charge in [-0.15, -0.1) is 0 Å². The summed E-state index contributed by atoms with van der Waals surface area (Å²) < 4.78 is 0. The summed E-state index contributed by atoms with van der Waals surface area (Å²) in [6.07, 6.45) is 0. The summed E-state index contributed by atoms with van der Waals surface area (Å²) in [5.74, 6) is 0.785. The molecule has 0 aliphatic heterocycles. The molecule has 0 saturated heterocycles. The fourth-order valence-electron chi connectivity index (χ4n) is 1.38. The molecule has 1 aromatic carbocycles. The first kappa shape index (κ1) is 8.53. The van der Waals surface area contributed by atoms with E-state index in [4.69, 9.17) is 0 Å². The molecule has 1 heteroatoms. The van der Waals surface area contributed by atoms with Gasteiger partial charge in [0.1, 0.15) is 0 Å². The minimum absolute atomic E-state index is 0.223. The fraction of sp³-hybridized carbons (Fsp3) is 0.400. The van der Waals surface area contributed by atoms with Crippen LogP contribution in [0.15, 0.2) is 30.3 Å². The maximum Gasteiger partial charge on any atom is 0.0173 e. The SMILES string of the molecule is C[SiH2]CC(C)c1ccccc1. The van der Waals surface area contributed by atoms with Gasteiger partial charge >= 0.3 is 0 Å². The summed E-state index contributed by atoms with van der Waals surface area (Å²) in [6.45, 7) is 4.70. The second-order valence-electron chi connectivity index (χ2n) is 3.10. The molecular formula is C10H16Si. The summed E-state index contributed by atoms with van der Waals surface area (Å²) in [7, 11) is 0.223. The van der Waals surface area contributed by atoms with Gasteiger partial charge in [-0.3, -0.25) is 0 Å². The van der Waals surface area contributed by atoms with Gasteiger partial charge < -0.3 is 0 Å². The summed E-state index contributed by atoms with van der Waals surface area (Å²) in [5.41, 5.74) is 1.50. The highest BCUT2D eigenvalue weighted by Crippen LogP contribution is 2.17. The summed E-state index contributed by atoms with van der Waals surface area (Å²) in [6, 6.07) is 12.2. The van der Waals surface area contributed by atoms with Crippen molar-refractivity contribution in [2.24, 2.45) is 0 Å². The molecule has 1 atom stereocenters. The molecule has 0 heterocycles. The average Bonchev–Trinajstić information content (AvgIpc) is 2.07. The molecule has 0 fully saturated rings. The normalized spacial score (nSPS) is 14.0. The molecular weight excluding hydrogens is 148 g/mol. The lowest BCUT2D eigenvalue weighted by Crippen LogP contribution is -1.94. The lowest BCUT2D eigenvalue weighted by Gasteiger charge is -2.08. The van der Waals surface area contributed by atoms with Crippen molar-refractivity contribution in [2.75, 3.05) is 0 Å². The molecule has 1 aromatic rings. The van der Waals surface area contributed by atoms with E-state index in [1.807, 2.05) is 0 Å². The van der Waals surface area contributed by atoms with E-state index in [-0.39, 0.29) is 9.52 Å². The molecule has 60 valence electrons. The summed E-state index contributed by atoms with van der Waals surface area (Å²) >= 11 is 0. The van der Waals surface area contributed by atoms with Gasteiger partial charge in [0.25, 0.3) is 0 Å². The zero-order chi connectivity index (χ0) is 8.10. The molecule has 0 saturated carbocycles. The van der Waals surface area contributed by atoms with E-state index in [0.717, 1.165) is 5.92 Å². The largest absolute Gasteiger partial charge is 0.0748 e. The minimum Gasteiger partial charge on any atom is -0.0748 e. The van der Waals surface area contributed by atoms with Gasteiger partial charge in [0.15, 0.2) is 0 Å². The third kappa shape index (κ3) is 2.50. The van der Waals surface area contributed by atoms with Crippen LogP contribution in [0.3, 0.4) is 0 Å². The summed E-state index contributed by atoms with van der Waals surface area (Å²) in [5, 5.41) is 0. The number of benzene rings is 1. The first-order chi connectivity index (χ1) is 5.34. The predicted octanol–water partition coefficient (Wildman–Crippen LogP) is 2.43. The van der Waals surface area contributed by atoms with Crippen LogP contribution in [0.4, 0.5) is 0 Å². The maximum absolute atomic E-state index is 2.37. The van der Waals surface area contributed by atoms with Gasteiger partial charge in [-0.1, -0.05) is 49.8 Å². The molecule has 1 rings (SSSR count). The Morgan fingerprint density at radius 3 is 2.45 bits per heavy atom. The Hall–Kier alpha value is -0.563. The van der Waals surface area contributed by atoms with Crippen LogP contribution in [0, 0.1) is 0 Å². The zero-order valence-electron chi connectivity index (χ0n) is 7.38. The Morgan fingerprint density at radius 1 is 1.27 bits per heavy atom. The smallest absolute Gasteiger partial charge is 0.0173 e. The first-order valence-corrected chi connectivity index (χ1v) is 6.81. The van der Waals surface area contributed by atoms with E-state index in [9.17, 15) is 0 Å². The van der Waals surface area contributed by atoms with Crippen LogP contribution in [0.25, 0.3) is 0 Å². The maximum atomic E-state index is 2.37. The number of hydrogen-bond donors (Lipinski definition) is 0. The third-order valence-corrected chi connectivity index (χ3v) is 3.53. The van der Waals surface area contributed by atoms with E-state index < -0.39 is 0 Å². The van der Waals surface area contributed by atoms with Crippen molar-refractivity contribution < 1.29 is 0 Å². The Labute approximate surface area is 71.5 Å². The second kappa shape index (κ2) is 4.34. The lowest BCUT2D eigenvalue weighted by molar-refractivity contribution is 0.859. The van der Waals surface area contributed by atoms with E-state index in [2.05, 4.69) is 43.8 Å². The van der Waals surface area contributed by atoms with Crippen LogP contribution in [0.2, 0.25) is 12.6 Å². The monoisotopic (exact) mass is 164 g/mol. The highest BCUT2D eigenvalue weighted by molar-refractivity contribution is 6.33. The molecule has 0 nitrogen and oxygen atoms in total. The van der Waals surface area contributed by atoms with Gasteiger partial charge in [0, 0.05) is 9.52 Å². The highest BCUT2D eigenvalue weighted by atomic mass is 28.2. The van der Waals surface area contributed by atoms with Gasteiger partial charge in [-0.25, -0.2) is 0 Å². The van der Waals surface area contributed by atoms with Gasteiger partial charge in [-0.2, -0.15) is 0 Å². The Balaban J connectivity index is 2.61. The number of hydrogen-bond acceptors (Lipinski definition) is 0. The van der Waals surface area contributed by atoms with Crippen LogP contribution in [0.1, 0.15) is 18.4 Å². The predicted molar refractivity (Wildman–Crippen MR) is 54.1 cm³/mol. The molecule has 0 amide bonds. The van der Waals surface area contributed by atoms with E-state index >= 15 is 0 Å². The van der Waals surface area contributed by atoms with E-state index in [0.29, 0.717) is 0 Å². The Kier molecular flexibility index (Phi) is 3.37. The van der Waals surface area contributed by atoms with Crippen molar-refractivity contribution >= 4 is 9.52 Å².